The maximum absolute atomic E-state index is 10.0. The van der Waals surface area contributed by atoms with E-state index in [9.17, 15) is 4.79 Å². The summed E-state index contributed by atoms with van der Waals surface area (Å²) in [4.78, 5) is 26.3. The normalized spacial score (nSPS) is 29.5. The van der Waals surface area contributed by atoms with Crippen LogP contribution in [0.1, 0.15) is 20.8 Å². The number of cyclic esters (lactones) is 2. The van der Waals surface area contributed by atoms with E-state index in [0.717, 1.165) is 13.2 Å². The topological polar surface area (TPSA) is 94.7 Å². The molecule has 3 rings (SSSR count). The van der Waals surface area contributed by atoms with Gasteiger partial charge in [-0.15, -0.1) is 0 Å². The SMILES string of the molecule is CC1CO1.C[C@@H]1COC(=O)O1.C[C@H]1CO1.O=C=O. The summed E-state index contributed by atoms with van der Waals surface area (Å²) in [5.41, 5.74) is 0. The zero-order chi connectivity index (χ0) is 14.0. The van der Waals surface area contributed by atoms with Crippen LogP contribution < -0.4 is 0 Å². The molecule has 7 heteroatoms. The van der Waals surface area contributed by atoms with Crippen molar-refractivity contribution in [3.8, 4) is 0 Å². The molecule has 0 amide bonds. The van der Waals surface area contributed by atoms with E-state index in [1.165, 1.54) is 0 Å². The molecular formula is C11H18O7. The summed E-state index contributed by atoms with van der Waals surface area (Å²) in [5.74, 6) is 0. The Morgan fingerprint density at radius 3 is 1.33 bits per heavy atom. The van der Waals surface area contributed by atoms with E-state index < -0.39 is 6.16 Å². The largest absolute Gasteiger partial charge is 0.508 e. The van der Waals surface area contributed by atoms with E-state index in [1.807, 2.05) is 0 Å². The van der Waals surface area contributed by atoms with Crippen molar-refractivity contribution in [3.63, 3.8) is 0 Å². The first-order valence-electron chi connectivity index (χ1n) is 5.55. The smallest absolute Gasteiger partial charge is 0.430 e. The van der Waals surface area contributed by atoms with Crippen molar-refractivity contribution >= 4 is 12.3 Å². The minimum atomic E-state index is -0.549. The third kappa shape index (κ3) is 14.6. The molecule has 3 saturated heterocycles. The third-order valence-corrected chi connectivity index (χ3v) is 1.73. The Labute approximate surface area is 105 Å². The first kappa shape index (κ1) is 16.6. The van der Waals surface area contributed by atoms with Crippen LogP contribution in [0.3, 0.4) is 0 Å². The molecular weight excluding hydrogens is 244 g/mol. The molecule has 3 aliphatic heterocycles. The lowest BCUT2D eigenvalue weighted by molar-refractivity contribution is -0.191. The van der Waals surface area contributed by atoms with Crippen molar-refractivity contribution in [1.29, 1.82) is 0 Å². The summed E-state index contributed by atoms with van der Waals surface area (Å²) in [5, 5.41) is 0. The average molecular weight is 262 g/mol. The molecule has 7 nitrogen and oxygen atoms in total. The first-order chi connectivity index (χ1) is 8.49. The fourth-order valence-electron chi connectivity index (χ4n) is 0.610. The van der Waals surface area contributed by atoms with Crippen LogP contribution in [-0.4, -0.2) is 50.4 Å². The van der Waals surface area contributed by atoms with Crippen molar-refractivity contribution in [2.24, 2.45) is 0 Å². The van der Waals surface area contributed by atoms with Crippen LogP contribution in [0.4, 0.5) is 4.79 Å². The maximum atomic E-state index is 10.0. The Morgan fingerprint density at radius 1 is 0.944 bits per heavy atom. The second-order valence-electron chi connectivity index (χ2n) is 3.86. The van der Waals surface area contributed by atoms with E-state index in [1.54, 1.807) is 6.92 Å². The molecule has 0 radical (unpaired) electrons. The van der Waals surface area contributed by atoms with Gasteiger partial charge in [-0.3, -0.25) is 0 Å². The number of carbonyl (C=O) groups is 1. The molecule has 0 spiro atoms. The Balaban J connectivity index is 0.000000228. The zero-order valence-corrected chi connectivity index (χ0v) is 10.7. The second kappa shape index (κ2) is 9.58. The molecule has 0 bridgehead atoms. The molecule has 3 aliphatic rings. The summed E-state index contributed by atoms with van der Waals surface area (Å²) < 4.78 is 18.3. The van der Waals surface area contributed by atoms with Crippen molar-refractivity contribution in [1.82, 2.24) is 0 Å². The molecule has 3 atom stereocenters. The van der Waals surface area contributed by atoms with Gasteiger partial charge in [0.05, 0.1) is 25.4 Å². The summed E-state index contributed by atoms with van der Waals surface area (Å²) >= 11 is 0. The standard InChI is InChI=1S/C4H6O3.2C3H6O.CO2/c1-3-2-6-4(5)7-3;2*1-3-2-4-3;2-1-3/h3H,2H2,1H3;2*3H,2H2,1H3;/t2*3-;;/m10../s1. The van der Waals surface area contributed by atoms with Crippen LogP contribution in [0.25, 0.3) is 0 Å². The zero-order valence-electron chi connectivity index (χ0n) is 10.7. The third-order valence-electron chi connectivity index (χ3n) is 1.73. The highest BCUT2D eigenvalue weighted by molar-refractivity contribution is 5.61. The summed E-state index contributed by atoms with van der Waals surface area (Å²) in [6.45, 7) is 8.27. The van der Waals surface area contributed by atoms with Crippen LogP contribution in [0.2, 0.25) is 0 Å². The molecule has 3 heterocycles. The van der Waals surface area contributed by atoms with Gasteiger partial charge in [-0.2, -0.15) is 9.59 Å². The van der Waals surface area contributed by atoms with Gasteiger partial charge in [0.1, 0.15) is 12.7 Å². The number of epoxide rings is 2. The molecule has 0 aromatic carbocycles. The van der Waals surface area contributed by atoms with Gasteiger partial charge >= 0.3 is 12.3 Å². The Morgan fingerprint density at radius 2 is 1.28 bits per heavy atom. The maximum Gasteiger partial charge on any atom is 0.508 e. The molecule has 0 N–H and O–H groups in total. The highest BCUT2D eigenvalue weighted by Gasteiger charge is 2.19. The molecule has 0 aliphatic carbocycles. The average Bonchev–Trinajstić information content (AvgIpc) is 3.20. The highest BCUT2D eigenvalue weighted by atomic mass is 16.8. The van der Waals surface area contributed by atoms with Gasteiger partial charge in [-0.05, 0) is 20.8 Å². The van der Waals surface area contributed by atoms with Crippen molar-refractivity contribution in [3.05, 3.63) is 0 Å². The van der Waals surface area contributed by atoms with Crippen LogP contribution >= 0.6 is 0 Å². The van der Waals surface area contributed by atoms with Crippen molar-refractivity contribution < 1.29 is 33.3 Å². The Bertz CT molecular complexity index is 255. The van der Waals surface area contributed by atoms with E-state index in [4.69, 9.17) is 19.1 Å². The number of rotatable bonds is 0. The van der Waals surface area contributed by atoms with Crippen LogP contribution in [-0.2, 0) is 28.5 Å². The molecule has 0 aromatic heterocycles. The van der Waals surface area contributed by atoms with Crippen LogP contribution in [0.15, 0.2) is 0 Å². The van der Waals surface area contributed by atoms with Gasteiger partial charge in [0.2, 0.25) is 0 Å². The second-order valence-corrected chi connectivity index (χ2v) is 3.86. The first-order valence-corrected chi connectivity index (χ1v) is 5.55. The van der Waals surface area contributed by atoms with Crippen LogP contribution in [0.5, 0.6) is 0 Å². The van der Waals surface area contributed by atoms with Crippen molar-refractivity contribution in [2.75, 3.05) is 19.8 Å². The van der Waals surface area contributed by atoms with Gasteiger partial charge in [0, 0.05) is 0 Å². The fraction of sp³-hybridized carbons (Fsp3) is 0.818. The van der Waals surface area contributed by atoms with E-state index in [0.29, 0.717) is 18.8 Å². The summed E-state index contributed by atoms with van der Waals surface area (Å²) in [6.07, 6.45) is 0.819. The number of ether oxygens (including phenoxy) is 4. The molecule has 3 fully saturated rings. The predicted molar refractivity (Wildman–Crippen MR) is 57.7 cm³/mol. The minimum Gasteiger partial charge on any atom is -0.430 e. The van der Waals surface area contributed by atoms with E-state index in [-0.39, 0.29) is 12.3 Å². The van der Waals surface area contributed by atoms with Gasteiger partial charge < -0.3 is 18.9 Å². The van der Waals surface area contributed by atoms with Gasteiger partial charge in [0.15, 0.2) is 0 Å². The Hall–Kier alpha value is -1.43. The predicted octanol–water partition coefficient (Wildman–Crippen LogP) is 0.768. The minimum absolute atomic E-state index is 0.0486. The lowest BCUT2D eigenvalue weighted by Gasteiger charge is -1.90. The molecule has 0 saturated carbocycles. The van der Waals surface area contributed by atoms with Gasteiger partial charge in [0.25, 0.3) is 0 Å². The number of hydrogen-bond acceptors (Lipinski definition) is 7. The van der Waals surface area contributed by atoms with Crippen LogP contribution in [0, 0.1) is 0 Å². The fourth-order valence-corrected chi connectivity index (χ4v) is 0.610. The molecule has 18 heavy (non-hydrogen) atoms. The molecule has 104 valence electrons. The van der Waals surface area contributed by atoms with E-state index >= 15 is 0 Å². The lowest BCUT2D eigenvalue weighted by atomic mass is 10.5. The number of hydrogen-bond donors (Lipinski definition) is 0. The Kier molecular flexibility index (Phi) is 8.82. The van der Waals surface area contributed by atoms with Gasteiger partial charge in [-0.1, -0.05) is 0 Å². The van der Waals surface area contributed by atoms with E-state index in [2.05, 4.69) is 23.3 Å². The summed E-state index contributed by atoms with van der Waals surface area (Å²) in [7, 11) is 0. The molecule has 1 unspecified atom stereocenters. The molecule has 0 aromatic rings. The number of carbonyl (C=O) groups excluding carboxylic acids is 3. The lowest BCUT2D eigenvalue weighted by Crippen LogP contribution is -2.01. The monoisotopic (exact) mass is 262 g/mol. The highest BCUT2D eigenvalue weighted by Crippen LogP contribution is 2.04. The quantitative estimate of drug-likeness (QED) is 0.470. The van der Waals surface area contributed by atoms with Gasteiger partial charge in [-0.25, -0.2) is 4.79 Å². The van der Waals surface area contributed by atoms with Crippen molar-refractivity contribution in [2.45, 2.75) is 39.1 Å². The summed E-state index contributed by atoms with van der Waals surface area (Å²) in [6, 6.07) is 0.